The summed E-state index contributed by atoms with van der Waals surface area (Å²) in [6, 6.07) is 3.70. The monoisotopic (exact) mass is 237 g/mol. The van der Waals surface area contributed by atoms with Gasteiger partial charge in [0.25, 0.3) is 11.1 Å². The highest BCUT2D eigenvalue weighted by molar-refractivity contribution is 8.00. The average Bonchev–Trinajstić information content (AvgIpc) is 2.85. The maximum absolute atomic E-state index is 11.1. The van der Waals surface area contributed by atoms with Gasteiger partial charge in [-0.3, -0.25) is 4.79 Å². The molecular weight excluding hydrogens is 226 g/mol. The van der Waals surface area contributed by atoms with Crippen LogP contribution < -0.4 is 0 Å². The van der Waals surface area contributed by atoms with E-state index in [1.54, 1.807) is 13.1 Å². The van der Waals surface area contributed by atoms with Crippen molar-refractivity contribution in [3.8, 4) is 11.6 Å². The Bertz CT molecular complexity index is 478. The number of ketones is 1. The van der Waals surface area contributed by atoms with Gasteiger partial charge in [-0.05, 0) is 26.0 Å². The molecular formula is C10H11N3O2S. The van der Waals surface area contributed by atoms with Crippen molar-refractivity contribution in [1.29, 1.82) is 0 Å². The third kappa shape index (κ3) is 2.33. The molecule has 0 fully saturated rings. The van der Waals surface area contributed by atoms with Crippen molar-refractivity contribution < 1.29 is 9.21 Å². The molecule has 2 aromatic rings. The fraction of sp³-hybridized carbons (Fsp3) is 0.300. The van der Waals surface area contributed by atoms with Crippen molar-refractivity contribution in [2.75, 3.05) is 0 Å². The van der Waals surface area contributed by atoms with Crippen LogP contribution in [0, 0.1) is 0 Å². The van der Waals surface area contributed by atoms with Crippen molar-refractivity contribution in [1.82, 2.24) is 15.2 Å². The topological polar surface area (TPSA) is 71.8 Å². The van der Waals surface area contributed by atoms with Crippen LogP contribution in [0.2, 0.25) is 0 Å². The first-order valence-corrected chi connectivity index (χ1v) is 5.69. The lowest BCUT2D eigenvalue weighted by Gasteiger charge is -2.00. The van der Waals surface area contributed by atoms with Gasteiger partial charge in [-0.1, -0.05) is 11.8 Å². The highest BCUT2D eigenvalue weighted by atomic mass is 32.2. The molecule has 0 unspecified atom stereocenters. The van der Waals surface area contributed by atoms with Crippen molar-refractivity contribution in [2.24, 2.45) is 0 Å². The molecule has 2 heterocycles. The van der Waals surface area contributed by atoms with Gasteiger partial charge in [0.05, 0.1) is 5.25 Å². The van der Waals surface area contributed by atoms with E-state index >= 15 is 0 Å². The molecule has 6 heteroatoms. The van der Waals surface area contributed by atoms with Crippen molar-refractivity contribution in [3.05, 3.63) is 18.3 Å². The van der Waals surface area contributed by atoms with Gasteiger partial charge < -0.3 is 9.40 Å². The molecule has 0 amide bonds. The molecule has 2 aromatic heterocycles. The number of nitrogens with zero attached hydrogens (tertiary/aromatic N) is 2. The van der Waals surface area contributed by atoms with Gasteiger partial charge in [-0.25, -0.2) is 0 Å². The Morgan fingerprint density at radius 1 is 1.56 bits per heavy atom. The number of hydrogen-bond acceptors (Lipinski definition) is 5. The molecule has 1 atom stereocenters. The van der Waals surface area contributed by atoms with Gasteiger partial charge in [0, 0.05) is 6.20 Å². The molecule has 0 radical (unpaired) electrons. The van der Waals surface area contributed by atoms with Crippen molar-refractivity contribution >= 4 is 17.5 Å². The summed E-state index contributed by atoms with van der Waals surface area (Å²) in [5.41, 5.74) is 0.773. The summed E-state index contributed by atoms with van der Waals surface area (Å²) in [6.07, 6.45) is 1.78. The van der Waals surface area contributed by atoms with E-state index in [1.807, 2.05) is 19.1 Å². The number of rotatable bonds is 4. The average molecular weight is 237 g/mol. The number of nitrogens with one attached hydrogen (secondary N) is 1. The second-order valence-electron chi connectivity index (χ2n) is 3.33. The molecule has 0 aliphatic heterocycles. The predicted molar refractivity (Wildman–Crippen MR) is 60.1 cm³/mol. The van der Waals surface area contributed by atoms with Gasteiger partial charge in [-0.15, -0.1) is 10.2 Å². The number of aromatic amines is 1. The number of carbonyl (C=O) groups is 1. The zero-order valence-electron chi connectivity index (χ0n) is 8.93. The quantitative estimate of drug-likeness (QED) is 0.825. The van der Waals surface area contributed by atoms with Crippen LogP contribution in [-0.2, 0) is 4.79 Å². The lowest BCUT2D eigenvalue weighted by Crippen LogP contribution is -2.07. The SMILES string of the molecule is CC(=O)[C@H](C)Sc1nnc(-c2ccc[nH]2)o1. The third-order valence-electron chi connectivity index (χ3n) is 2.08. The zero-order valence-corrected chi connectivity index (χ0v) is 9.75. The van der Waals surface area contributed by atoms with Crippen LogP contribution in [0.15, 0.2) is 28.0 Å². The summed E-state index contributed by atoms with van der Waals surface area (Å²) in [7, 11) is 0. The Morgan fingerprint density at radius 2 is 2.38 bits per heavy atom. The van der Waals surface area contributed by atoms with Crippen LogP contribution in [0.25, 0.3) is 11.6 Å². The first-order chi connectivity index (χ1) is 7.66. The maximum atomic E-state index is 11.1. The molecule has 0 saturated heterocycles. The van der Waals surface area contributed by atoms with E-state index in [0.717, 1.165) is 5.69 Å². The first-order valence-electron chi connectivity index (χ1n) is 4.81. The number of thioether (sulfide) groups is 1. The third-order valence-corrected chi connectivity index (χ3v) is 3.14. The minimum Gasteiger partial charge on any atom is -0.410 e. The minimum absolute atomic E-state index is 0.0876. The second kappa shape index (κ2) is 4.52. The molecule has 0 saturated carbocycles. The van der Waals surface area contributed by atoms with Gasteiger partial charge in [0.1, 0.15) is 11.5 Å². The Balaban J connectivity index is 2.11. The van der Waals surface area contributed by atoms with Gasteiger partial charge in [-0.2, -0.15) is 0 Å². The van der Waals surface area contributed by atoms with Crippen molar-refractivity contribution in [3.63, 3.8) is 0 Å². The smallest absolute Gasteiger partial charge is 0.277 e. The Labute approximate surface area is 96.6 Å². The molecule has 5 nitrogen and oxygen atoms in total. The standard InChI is InChI=1S/C10H11N3O2S/c1-6(14)7(2)16-10-13-12-9(15-10)8-4-3-5-11-8/h3-5,7,11H,1-2H3/t7-/m0/s1. The predicted octanol–water partition coefficient (Wildman–Crippen LogP) is 2.13. The second-order valence-corrected chi connectivity index (χ2v) is 4.62. The summed E-state index contributed by atoms with van der Waals surface area (Å²) < 4.78 is 5.41. The molecule has 16 heavy (non-hydrogen) atoms. The number of carbonyl (C=O) groups excluding carboxylic acids is 1. The summed E-state index contributed by atoms with van der Waals surface area (Å²) in [4.78, 5) is 14.0. The fourth-order valence-electron chi connectivity index (χ4n) is 1.06. The molecule has 0 aromatic carbocycles. The Morgan fingerprint density at radius 3 is 3.00 bits per heavy atom. The van der Waals surface area contributed by atoms with Crippen molar-refractivity contribution in [2.45, 2.75) is 24.3 Å². The van der Waals surface area contributed by atoms with E-state index in [1.165, 1.54) is 11.8 Å². The minimum atomic E-state index is -0.169. The summed E-state index contributed by atoms with van der Waals surface area (Å²) in [5.74, 6) is 0.521. The van der Waals surface area contributed by atoms with Crippen LogP contribution in [0.4, 0.5) is 0 Å². The Hall–Kier alpha value is -1.56. The van der Waals surface area contributed by atoms with Gasteiger partial charge in [0.15, 0.2) is 0 Å². The fourth-order valence-corrected chi connectivity index (χ4v) is 1.75. The van der Waals surface area contributed by atoms with E-state index in [9.17, 15) is 4.79 Å². The number of H-pyrrole nitrogens is 1. The lowest BCUT2D eigenvalue weighted by atomic mass is 10.3. The highest BCUT2D eigenvalue weighted by Gasteiger charge is 2.15. The molecule has 0 aliphatic rings. The van der Waals surface area contributed by atoms with E-state index in [-0.39, 0.29) is 11.0 Å². The normalized spacial score (nSPS) is 12.6. The lowest BCUT2D eigenvalue weighted by molar-refractivity contribution is -0.116. The molecule has 0 aliphatic carbocycles. The summed E-state index contributed by atoms with van der Waals surface area (Å²) >= 11 is 1.27. The summed E-state index contributed by atoms with van der Waals surface area (Å²) in [6.45, 7) is 3.35. The van der Waals surface area contributed by atoms with E-state index in [4.69, 9.17) is 4.42 Å². The summed E-state index contributed by atoms with van der Waals surface area (Å²) in [5, 5.41) is 8.00. The van der Waals surface area contributed by atoms with Gasteiger partial charge in [0.2, 0.25) is 0 Å². The van der Waals surface area contributed by atoms with E-state index in [0.29, 0.717) is 11.1 Å². The molecule has 84 valence electrons. The highest BCUT2D eigenvalue weighted by Crippen LogP contribution is 2.25. The maximum Gasteiger partial charge on any atom is 0.277 e. The number of Topliss-reactive ketones (excluding diaryl/α,β-unsaturated/α-hetero) is 1. The van der Waals surface area contributed by atoms with E-state index < -0.39 is 0 Å². The van der Waals surface area contributed by atoms with Gasteiger partial charge >= 0.3 is 0 Å². The van der Waals surface area contributed by atoms with Crippen LogP contribution in [-0.4, -0.2) is 26.2 Å². The number of hydrogen-bond donors (Lipinski definition) is 1. The molecule has 2 rings (SSSR count). The molecule has 0 bridgehead atoms. The van der Waals surface area contributed by atoms with E-state index in [2.05, 4.69) is 15.2 Å². The van der Waals surface area contributed by atoms with Crippen LogP contribution in [0.3, 0.4) is 0 Å². The largest absolute Gasteiger partial charge is 0.410 e. The first kappa shape index (κ1) is 10.9. The Kier molecular flexibility index (Phi) is 3.09. The zero-order chi connectivity index (χ0) is 11.5. The van der Waals surface area contributed by atoms with Crippen LogP contribution in [0.1, 0.15) is 13.8 Å². The van der Waals surface area contributed by atoms with Crippen LogP contribution >= 0.6 is 11.8 Å². The molecule has 0 spiro atoms. The number of aromatic nitrogens is 3. The van der Waals surface area contributed by atoms with Crippen LogP contribution in [0.5, 0.6) is 0 Å². The molecule has 1 N–H and O–H groups in total.